The molecule has 0 aliphatic rings. The van der Waals surface area contributed by atoms with Crippen LogP contribution in [-0.4, -0.2) is 11.3 Å². The highest BCUT2D eigenvalue weighted by Crippen LogP contribution is 2.31. The summed E-state index contributed by atoms with van der Waals surface area (Å²) < 4.78 is 294. The lowest BCUT2D eigenvalue weighted by atomic mass is 9.12. The van der Waals surface area contributed by atoms with Crippen molar-refractivity contribution >= 4 is 50.5 Å². The minimum Gasteiger partial charge on any atom is -0.508 e. The number of benzene rings is 7. The van der Waals surface area contributed by atoms with Crippen molar-refractivity contribution in [3.05, 3.63) is 194 Å². The van der Waals surface area contributed by atoms with Gasteiger partial charge in [0.05, 0.1) is 0 Å². The number of aromatic hydroxyl groups is 1. The van der Waals surface area contributed by atoms with Crippen LogP contribution in [0.4, 0.5) is 87.8 Å². The van der Waals surface area contributed by atoms with Gasteiger partial charge < -0.3 is 5.11 Å². The molecule has 1 nitrogen and oxygen atoms in total. The van der Waals surface area contributed by atoms with Crippen molar-refractivity contribution < 1.29 is 92.9 Å². The maximum absolute atomic E-state index is 15.4. The highest BCUT2D eigenvalue weighted by atomic mass is 32.2. The number of hydrogen-bond acceptors (Lipinski definition) is 1. The summed E-state index contributed by atoms with van der Waals surface area (Å²) in [5.41, 5.74) is -11.7. The fourth-order valence-corrected chi connectivity index (χ4v) is 8.31. The standard InChI is InChI=1S/C24BF20.C18H16OS/c26-5-1(6(27)14(35)21(42)13(5)34)25(2-7(28)15(36)22(43)16(37)8(2)29,3-9(30)17(38)23(44)18(39)10(3)31)4-11(32)19(40)24(45)20(41)12(4)33;19-17-10-8-14(9-11-17)12-20-13-16-6-3-5-15-4-1-2-7-18(15)16/h;1-11,19H,12-13H2/q-1;/p+1. The first-order valence-corrected chi connectivity index (χ1v) is 18.9. The lowest BCUT2D eigenvalue weighted by molar-refractivity contribution is 0.378. The summed E-state index contributed by atoms with van der Waals surface area (Å²) in [5.74, 6) is -69.0. The third-order valence-corrected chi connectivity index (χ3v) is 11.3. The van der Waals surface area contributed by atoms with Crippen molar-refractivity contribution in [3.63, 3.8) is 0 Å². The zero-order valence-electron chi connectivity index (χ0n) is 31.3. The Hall–Kier alpha value is -6.39. The molecule has 7 aromatic carbocycles. The van der Waals surface area contributed by atoms with Crippen LogP contribution < -0.4 is 21.9 Å². The highest BCUT2D eigenvalue weighted by Gasteiger charge is 2.52. The molecule has 0 heterocycles. The molecule has 0 aliphatic carbocycles. The molecule has 0 spiro atoms. The van der Waals surface area contributed by atoms with E-state index in [1.807, 2.05) is 12.1 Å². The SMILES string of the molecule is Fc1c(F)c(F)c([B-](c2c(F)c(F)c(F)c(F)c2F)(c2c(F)c(F)c(F)c(F)c2F)c2c(F)c(F)c(F)c(F)c2F)c(F)c1F.Oc1ccc(C[SH+]Cc2cccc3ccccc23)cc1. The van der Waals surface area contributed by atoms with Crippen molar-refractivity contribution in [3.8, 4) is 5.75 Å². The molecule has 0 aliphatic heterocycles. The van der Waals surface area contributed by atoms with Gasteiger partial charge in [0.15, 0.2) is 69.8 Å². The smallest absolute Gasteiger partial charge is 0.200 e. The van der Waals surface area contributed by atoms with Gasteiger partial charge in [-0.25, -0.2) is 87.8 Å². The van der Waals surface area contributed by atoms with Gasteiger partial charge in [0.25, 0.3) is 0 Å². The molecule has 0 unspecified atom stereocenters. The Kier molecular flexibility index (Phi) is 13.5. The Labute approximate surface area is 354 Å². The molecule has 23 heteroatoms. The highest BCUT2D eigenvalue weighted by molar-refractivity contribution is 7.76. The summed E-state index contributed by atoms with van der Waals surface area (Å²) >= 11 is 1.38. The maximum atomic E-state index is 15.4. The number of halogens is 20. The van der Waals surface area contributed by atoms with Crippen LogP contribution in [0, 0.1) is 116 Å². The van der Waals surface area contributed by atoms with E-state index in [1.165, 1.54) is 33.7 Å². The van der Waals surface area contributed by atoms with E-state index < -0.39 is 144 Å². The second-order valence-corrected chi connectivity index (χ2v) is 14.7. The van der Waals surface area contributed by atoms with Gasteiger partial charge in [0, 0.05) is 11.1 Å². The molecule has 0 amide bonds. The molecule has 0 bridgehead atoms. The average Bonchev–Trinajstić information content (AvgIpc) is 3.29. The molecule has 0 aromatic heterocycles. The van der Waals surface area contributed by atoms with Crippen LogP contribution in [0.25, 0.3) is 10.8 Å². The summed E-state index contributed by atoms with van der Waals surface area (Å²) in [5, 5.41) is 11.9. The van der Waals surface area contributed by atoms with Crippen LogP contribution in [-0.2, 0) is 23.3 Å². The molecule has 1 N–H and O–H groups in total. The van der Waals surface area contributed by atoms with E-state index in [0.717, 1.165) is 11.5 Å². The van der Waals surface area contributed by atoms with Crippen LogP contribution in [0.1, 0.15) is 11.1 Å². The van der Waals surface area contributed by atoms with Gasteiger partial charge in [-0.3, -0.25) is 0 Å². The average molecular weight is 960 g/mol. The number of hydrogen-bond donors (Lipinski definition) is 1. The van der Waals surface area contributed by atoms with Gasteiger partial charge in [-0.05, 0) is 34.7 Å². The lowest BCUT2D eigenvalue weighted by Crippen LogP contribution is -2.81. The molecule has 0 saturated carbocycles. The molecule has 340 valence electrons. The number of phenols is 1. The number of fused-ring (bicyclic) bond motifs is 1. The van der Waals surface area contributed by atoms with Gasteiger partial charge in [-0.2, -0.15) is 0 Å². The maximum Gasteiger partial charge on any atom is 0.200 e. The topological polar surface area (TPSA) is 20.2 Å². The zero-order chi connectivity index (χ0) is 48.1. The zero-order valence-corrected chi connectivity index (χ0v) is 32.2. The van der Waals surface area contributed by atoms with E-state index in [2.05, 4.69) is 42.5 Å². The van der Waals surface area contributed by atoms with Crippen molar-refractivity contribution in [2.75, 3.05) is 0 Å². The minimum atomic E-state index is -7.22. The summed E-state index contributed by atoms with van der Waals surface area (Å²) in [7, 11) is 0. The molecule has 7 rings (SSSR count). The van der Waals surface area contributed by atoms with Gasteiger partial charge in [-0.15, -0.1) is 21.9 Å². The molecule has 0 saturated heterocycles. The Balaban J connectivity index is 0.000000289. The van der Waals surface area contributed by atoms with E-state index in [-0.39, 0.29) is 0 Å². The van der Waals surface area contributed by atoms with Crippen LogP contribution in [0.3, 0.4) is 0 Å². The third kappa shape index (κ3) is 7.86. The van der Waals surface area contributed by atoms with Crippen LogP contribution in [0.15, 0.2) is 66.7 Å². The van der Waals surface area contributed by atoms with Crippen LogP contribution >= 0.6 is 0 Å². The number of thiol groups is 1. The third-order valence-electron chi connectivity index (χ3n) is 10.1. The molecule has 0 radical (unpaired) electrons. The fourth-order valence-electron chi connectivity index (χ4n) is 7.21. The normalized spacial score (nSPS) is 11.6. The second kappa shape index (κ2) is 18.2. The van der Waals surface area contributed by atoms with E-state index >= 15 is 35.1 Å². The molecular formula is C42H17BF20OS. The van der Waals surface area contributed by atoms with Gasteiger partial charge in [-0.1, -0.05) is 54.6 Å². The van der Waals surface area contributed by atoms with Crippen LogP contribution in [0.5, 0.6) is 5.75 Å². The fraction of sp³-hybridized carbons (Fsp3) is 0.0476. The van der Waals surface area contributed by atoms with Gasteiger partial charge >= 0.3 is 0 Å². The Bertz CT molecular complexity index is 2650. The molecule has 0 atom stereocenters. The summed E-state index contributed by atoms with van der Waals surface area (Å²) in [4.78, 5) is 0. The van der Waals surface area contributed by atoms with Crippen LogP contribution in [0.2, 0.25) is 0 Å². The first kappa shape index (κ1) is 48.1. The van der Waals surface area contributed by atoms with Crippen molar-refractivity contribution in [1.29, 1.82) is 0 Å². The molecule has 7 aromatic rings. The predicted molar refractivity (Wildman–Crippen MR) is 197 cm³/mol. The molecular weight excluding hydrogens is 943 g/mol. The Morgan fingerprint density at radius 1 is 0.323 bits per heavy atom. The first-order valence-electron chi connectivity index (χ1n) is 17.6. The quantitative estimate of drug-likeness (QED) is 0.0402. The van der Waals surface area contributed by atoms with E-state index in [4.69, 9.17) is 0 Å². The van der Waals surface area contributed by atoms with E-state index in [9.17, 15) is 57.8 Å². The second-order valence-electron chi connectivity index (χ2n) is 13.6. The van der Waals surface area contributed by atoms with Gasteiger partial charge in [0.1, 0.15) is 69.9 Å². The summed E-state index contributed by atoms with van der Waals surface area (Å²) in [6.45, 7) is 0. The van der Waals surface area contributed by atoms with Crippen molar-refractivity contribution in [2.24, 2.45) is 0 Å². The first-order chi connectivity index (χ1) is 30.5. The van der Waals surface area contributed by atoms with E-state index in [1.54, 1.807) is 12.1 Å². The number of phenolic OH excluding ortho intramolecular Hbond substituents is 1. The largest absolute Gasteiger partial charge is 0.508 e. The Morgan fingerprint density at radius 2 is 0.615 bits per heavy atom. The van der Waals surface area contributed by atoms with Gasteiger partial charge in [0.2, 0.25) is 0 Å². The summed E-state index contributed by atoms with van der Waals surface area (Å²) in [6.07, 6.45) is -7.22. The Morgan fingerprint density at radius 3 is 0.954 bits per heavy atom. The molecule has 0 fully saturated rings. The lowest BCUT2D eigenvalue weighted by Gasteiger charge is -2.44. The summed E-state index contributed by atoms with van der Waals surface area (Å²) in [6, 6.07) is 22.5. The predicted octanol–water partition coefficient (Wildman–Crippen LogP) is 9.91. The monoisotopic (exact) mass is 960 g/mol. The minimum absolute atomic E-state index is 0.333. The van der Waals surface area contributed by atoms with Crippen molar-refractivity contribution in [1.82, 2.24) is 0 Å². The molecule has 65 heavy (non-hydrogen) atoms. The van der Waals surface area contributed by atoms with E-state index in [0.29, 0.717) is 5.75 Å². The van der Waals surface area contributed by atoms with Crippen molar-refractivity contribution in [2.45, 2.75) is 11.5 Å². The number of rotatable bonds is 8.